The van der Waals surface area contributed by atoms with Crippen LogP contribution in [0.2, 0.25) is 0 Å². The Hall–Kier alpha value is -2.38. The zero-order valence-corrected chi connectivity index (χ0v) is 15.4. The average molecular weight is 374 g/mol. The maximum atomic E-state index is 12.4. The van der Waals surface area contributed by atoms with Crippen LogP contribution >= 0.6 is 0 Å². The number of likely N-dealkylation sites (tertiary alicyclic amines) is 1. The molecule has 6 nitrogen and oxygen atoms in total. The van der Waals surface area contributed by atoms with E-state index in [4.69, 9.17) is 4.42 Å². The topological polar surface area (TPSA) is 79.6 Å². The molecule has 0 bridgehead atoms. The first-order valence-corrected chi connectivity index (χ1v) is 10.0. The number of carbonyl (C=O) groups is 1. The largest absolute Gasteiger partial charge is 0.465 e. The molecule has 2 heterocycles. The molecule has 1 fully saturated rings. The minimum absolute atomic E-state index is 0.0961. The van der Waals surface area contributed by atoms with Gasteiger partial charge in [0.1, 0.15) is 5.76 Å². The number of amides is 1. The second kappa shape index (κ2) is 7.88. The Morgan fingerprint density at radius 3 is 2.50 bits per heavy atom. The molecular formula is C19H22N2O4S. The first-order chi connectivity index (χ1) is 12.4. The Morgan fingerprint density at radius 1 is 1.19 bits per heavy atom. The fraction of sp³-hybridized carbons (Fsp3) is 0.316. The quantitative estimate of drug-likeness (QED) is 0.816. The molecule has 1 N–H and O–H groups in total. The second-order valence-electron chi connectivity index (χ2n) is 6.38. The average Bonchev–Trinajstić information content (AvgIpc) is 3.14. The SMILES string of the molecule is Cc1ccc(S(=O)(=O)NC2CCN(C(=O)C=Cc3ccco3)CC2)cc1. The zero-order valence-electron chi connectivity index (χ0n) is 14.6. The molecule has 1 aromatic carbocycles. The van der Waals surface area contributed by atoms with Gasteiger partial charge >= 0.3 is 0 Å². The van der Waals surface area contributed by atoms with Crippen molar-refractivity contribution in [3.8, 4) is 0 Å². The summed E-state index contributed by atoms with van der Waals surface area (Å²) in [6, 6.07) is 10.1. The molecule has 0 atom stereocenters. The third-order valence-corrected chi connectivity index (χ3v) is 5.93. The molecule has 0 aliphatic carbocycles. The summed E-state index contributed by atoms with van der Waals surface area (Å²) in [6.45, 7) is 2.95. The summed E-state index contributed by atoms with van der Waals surface area (Å²) in [5.41, 5.74) is 1.01. The molecule has 1 aliphatic heterocycles. The third kappa shape index (κ3) is 4.62. The van der Waals surface area contributed by atoms with Crippen molar-refractivity contribution in [2.24, 2.45) is 0 Å². The lowest BCUT2D eigenvalue weighted by molar-refractivity contribution is -0.126. The number of piperidine rings is 1. The van der Waals surface area contributed by atoms with E-state index in [1.54, 1.807) is 53.6 Å². The highest BCUT2D eigenvalue weighted by atomic mass is 32.2. The van der Waals surface area contributed by atoms with Gasteiger partial charge in [0, 0.05) is 25.2 Å². The summed E-state index contributed by atoms with van der Waals surface area (Å²) in [4.78, 5) is 14.2. The molecule has 26 heavy (non-hydrogen) atoms. The van der Waals surface area contributed by atoms with Gasteiger partial charge in [-0.15, -0.1) is 0 Å². The molecule has 0 spiro atoms. The van der Waals surface area contributed by atoms with Gasteiger partial charge in [-0.25, -0.2) is 13.1 Å². The van der Waals surface area contributed by atoms with E-state index in [9.17, 15) is 13.2 Å². The van der Waals surface area contributed by atoms with Gasteiger partial charge in [0.15, 0.2) is 0 Å². The van der Waals surface area contributed by atoms with Crippen LogP contribution in [0.15, 0.2) is 58.1 Å². The van der Waals surface area contributed by atoms with E-state index in [2.05, 4.69) is 4.72 Å². The number of nitrogens with one attached hydrogen (secondary N) is 1. The maximum Gasteiger partial charge on any atom is 0.246 e. The maximum absolute atomic E-state index is 12.4. The van der Waals surface area contributed by atoms with Crippen molar-refractivity contribution in [1.82, 2.24) is 9.62 Å². The number of carbonyl (C=O) groups excluding carboxylic acids is 1. The van der Waals surface area contributed by atoms with E-state index in [0.29, 0.717) is 31.7 Å². The number of nitrogens with zero attached hydrogens (tertiary/aromatic N) is 1. The molecule has 0 saturated carbocycles. The van der Waals surface area contributed by atoms with Crippen LogP contribution in [0.25, 0.3) is 6.08 Å². The van der Waals surface area contributed by atoms with Gasteiger partial charge in [0.05, 0.1) is 11.2 Å². The highest BCUT2D eigenvalue weighted by Crippen LogP contribution is 2.16. The Morgan fingerprint density at radius 2 is 1.88 bits per heavy atom. The number of aryl methyl sites for hydroxylation is 1. The van der Waals surface area contributed by atoms with Crippen LogP contribution in [-0.4, -0.2) is 38.4 Å². The number of benzene rings is 1. The van der Waals surface area contributed by atoms with Crippen LogP contribution < -0.4 is 4.72 Å². The standard InChI is InChI=1S/C19H22N2O4S/c1-15-4-7-18(8-5-15)26(23,24)20-16-10-12-21(13-11-16)19(22)9-6-17-3-2-14-25-17/h2-9,14,16,20H,10-13H2,1H3. The first-order valence-electron chi connectivity index (χ1n) is 8.53. The molecule has 138 valence electrons. The van der Waals surface area contributed by atoms with Gasteiger partial charge < -0.3 is 9.32 Å². The van der Waals surface area contributed by atoms with Crippen LogP contribution in [0.4, 0.5) is 0 Å². The van der Waals surface area contributed by atoms with Crippen molar-refractivity contribution in [3.63, 3.8) is 0 Å². The fourth-order valence-corrected chi connectivity index (χ4v) is 4.17. The normalized spacial score (nSPS) is 16.3. The van der Waals surface area contributed by atoms with Crippen molar-refractivity contribution in [2.45, 2.75) is 30.7 Å². The Kier molecular flexibility index (Phi) is 5.58. The lowest BCUT2D eigenvalue weighted by Gasteiger charge is -2.31. The lowest BCUT2D eigenvalue weighted by Crippen LogP contribution is -2.46. The zero-order chi connectivity index (χ0) is 18.6. The van der Waals surface area contributed by atoms with Crippen molar-refractivity contribution in [1.29, 1.82) is 0 Å². The monoisotopic (exact) mass is 374 g/mol. The molecule has 1 aliphatic rings. The highest BCUT2D eigenvalue weighted by molar-refractivity contribution is 7.89. The molecule has 7 heteroatoms. The van der Waals surface area contributed by atoms with Gasteiger partial charge in [-0.3, -0.25) is 4.79 Å². The predicted octanol–water partition coefficient (Wildman–Crippen LogP) is 2.57. The van der Waals surface area contributed by atoms with Gasteiger partial charge in [-0.1, -0.05) is 17.7 Å². The molecule has 0 radical (unpaired) electrons. The number of hydrogen-bond acceptors (Lipinski definition) is 4. The van der Waals surface area contributed by atoms with Gasteiger partial charge in [0.2, 0.25) is 15.9 Å². The molecule has 1 aromatic heterocycles. The van der Waals surface area contributed by atoms with Gasteiger partial charge in [-0.05, 0) is 50.1 Å². The Bertz CT molecular complexity index is 863. The van der Waals surface area contributed by atoms with E-state index >= 15 is 0 Å². The molecular weight excluding hydrogens is 352 g/mol. The summed E-state index contributed by atoms with van der Waals surface area (Å²) < 4.78 is 32.8. The van der Waals surface area contributed by atoms with Crippen LogP contribution in [0, 0.1) is 6.92 Å². The third-order valence-electron chi connectivity index (χ3n) is 4.39. The highest BCUT2D eigenvalue weighted by Gasteiger charge is 2.25. The summed E-state index contributed by atoms with van der Waals surface area (Å²) in [5, 5.41) is 0. The van der Waals surface area contributed by atoms with Crippen LogP contribution in [0.5, 0.6) is 0 Å². The van der Waals surface area contributed by atoms with E-state index in [0.717, 1.165) is 5.56 Å². The molecule has 3 rings (SSSR count). The molecule has 1 amide bonds. The van der Waals surface area contributed by atoms with Crippen LogP contribution in [-0.2, 0) is 14.8 Å². The number of furan rings is 1. The fourth-order valence-electron chi connectivity index (χ4n) is 2.87. The Balaban J connectivity index is 1.53. The van der Waals surface area contributed by atoms with E-state index in [1.807, 2.05) is 6.92 Å². The minimum Gasteiger partial charge on any atom is -0.465 e. The van der Waals surface area contributed by atoms with Gasteiger partial charge in [0.25, 0.3) is 0 Å². The smallest absolute Gasteiger partial charge is 0.246 e. The van der Waals surface area contributed by atoms with Gasteiger partial charge in [-0.2, -0.15) is 0 Å². The van der Waals surface area contributed by atoms with Crippen LogP contribution in [0.1, 0.15) is 24.2 Å². The minimum atomic E-state index is -3.53. The summed E-state index contributed by atoms with van der Waals surface area (Å²) in [7, 11) is -3.53. The number of hydrogen-bond donors (Lipinski definition) is 1. The van der Waals surface area contributed by atoms with Crippen molar-refractivity contribution < 1.29 is 17.6 Å². The number of sulfonamides is 1. The van der Waals surface area contributed by atoms with Crippen LogP contribution in [0.3, 0.4) is 0 Å². The Labute approximate surface area is 153 Å². The summed E-state index contributed by atoms with van der Waals surface area (Å²) >= 11 is 0. The molecule has 2 aromatic rings. The van der Waals surface area contributed by atoms with Crippen molar-refractivity contribution in [2.75, 3.05) is 13.1 Å². The molecule has 1 saturated heterocycles. The first kappa shape index (κ1) is 18.4. The number of rotatable bonds is 5. The predicted molar refractivity (Wildman–Crippen MR) is 98.8 cm³/mol. The second-order valence-corrected chi connectivity index (χ2v) is 8.10. The van der Waals surface area contributed by atoms with E-state index in [-0.39, 0.29) is 16.8 Å². The molecule has 0 unspecified atom stereocenters. The van der Waals surface area contributed by atoms with Crippen molar-refractivity contribution >= 4 is 22.0 Å². The summed E-state index contributed by atoms with van der Waals surface area (Å²) in [6.07, 6.45) is 5.84. The van der Waals surface area contributed by atoms with E-state index in [1.165, 1.54) is 6.08 Å². The lowest BCUT2D eigenvalue weighted by atomic mass is 10.1. The van der Waals surface area contributed by atoms with E-state index < -0.39 is 10.0 Å². The van der Waals surface area contributed by atoms with Crippen molar-refractivity contribution in [3.05, 3.63) is 60.1 Å². The summed E-state index contributed by atoms with van der Waals surface area (Å²) in [5.74, 6) is 0.528.